The van der Waals surface area contributed by atoms with Gasteiger partial charge in [0.1, 0.15) is 0 Å². The lowest BCUT2D eigenvalue weighted by Gasteiger charge is -2.24. The van der Waals surface area contributed by atoms with Crippen molar-refractivity contribution in [3.63, 3.8) is 0 Å². The summed E-state index contributed by atoms with van der Waals surface area (Å²) < 4.78 is 4.55. The second-order valence-electron chi connectivity index (χ2n) is 4.12. The fourth-order valence-corrected chi connectivity index (χ4v) is 2.44. The normalized spacial score (nSPS) is 16.2. The average Bonchev–Trinajstić information content (AvgIpc) is 2.82. The quantitative estimate of drug-likeness (QED) is 0.762. The highest BCUT2D eigenvalue weighted by molar-refractivity contribution is 7.10. The molecule has 1 rings (SSSR count). The maximum atomic E-state index is 11.3. The minimum atomic E-state index is -1.49. The summed E-state index contributed by atoms with van der Waals surface area (Å²) in [5.74, 6) is -0.619. The summed E-state index contributed by atoms with van der Waals surface area (Å²) >= 11 is 1.66. The van der Waals surface area contributed by atoms with E-state index in [1.54, 1.807) is 11.3 Å². The number of hydrogen-bond acceptors (Lipinski definition) is 5. The molecule has 2 unspecified atom stereocenters. The van der Waals surface area contributed by atoms with Gasteiger partial charge in [-0.25, -0.2) is 4.79 Å². The summed E-state index contributed by atoms with van der Waals surface area (Å²) in [5.41, 5.74) is -1.49. The second kappa shape index (κ2) is 6.14. The van der Waals surface area contributed by atoms with Crippen LogP contribution in [0.4, 0.5) is 0 Å². The molecule has 0 aliphatic carbocycles. The predicted octanol–water partition coefficient (Wildman–Crippen LogP) is 1.71. The maximum Gasteiger partial charge on any atom is 0.338 e. The highest BCUT2D eigenvalue weighted by Gasteiger charge is 2.31. The molecule has 1 aromatic heterocycles. The SMILES string of the molecule is CCC(NCC(C)(O)C(=O)OC)c1cccs1. The van der Waals surface area contributed by atoms with E-state index in [1.165, 1.54) is 18.9 Å². The zero-order valence-electron chi connectivity index (χ0n) is 10.4. The van der Waals surface area contributed by atoms with Crippen LogP contribution in [-0.4, -0.2) is 30.3 Å². The Kier molecular flexibility index (Phi) is 5.11. The molecule has 4 nitrogen and oxygen atoms in total. The first-order valence-electron chi connectivity index (χ1n) is 5.59. The van der Waals surface area contributed by atoms with Gasteiger partial charge < -0.3 is 15.2 Å². The molecule has 2 N–H and O–H groups in total. The van der Waals surface area contributed by atoms with Gasteiger partial charge in [-0.05, 0) is 24.8 Å². The molecule has 0 spiro atoms. The minimum Gasteiger partial charge on any atom is -0.467 e. The van der Waals surface area contributed by atoms with Gasteiger partial charge in [0.2, 0.25) is 0 Å². The molecule has 2 atom stereocenters. The molecule has 0 saturated heterocycles. The molecule has 0 aliphatic rings. The van der Waals surface area contributed by atoms with Gasteiger partial charge in [-0.15, -0.1) is 11.3 Å². The summed E-state index contributed by atoms with van der Waals surface area (Å²) in [7, 11) is 1.27. The van der Waals surface area contributed by atoms with E-state index < -0.39 is 11.6 Å². The first kappa shape index (κ1) is 14.2. The van der Waals surface area contributed by atoms with E-state index >= 15 is 0 Å². The van der Waals surface area contributed by atoms with Crippen molar-refractivity contribution in [1.29, 1.82) is 0 Å². The predicted molar refractivity (Wildman–Crippen MR) is 68.0 cm³/mol. The van der Waals surface area contributed by atoms with E-state index in [0.717, 1.165) is 6.42 Å². The van der Waals surface area contributed by atoms with Crippen LogP contribution in [0.3, 0.4) is 0 Å². The maximum absolute atomic E-state index is 11.3. The lowest BCUT2D eigenvalue weighted by atomic mass is 10.1. The van der Waals surface area contributed by atoms with Gasteiger partial charge in [0, 0.05) is 17.5 Å². The number of esters is 1. The van der Waals surface area contributed by atoms with E-state index in [2.05, 4.69) is 17.0 Å². The Bertz CT molecular complexity index is 349. The van der Waals surface area contributed by atoms with Crippen molar-refractivity contribution >= 4 is 17.3 Å². The van der Waals surface area contributed by atoms with Crippen LogP contribution in [0.1, 0.15) is 31.2 Å². The molecular weight excluding hydrogens is 238 g/mol. The Morgan fingerprint density at radius 3 is 2.88 bits per heavy atom. The first-order chi connectivity index (χ1) is 8.01. The molecule has 0 aromatic carbocycles. The molecule has 5 heteroatoms. The van der Waals surface area contributed by atoms with Crippen LogP contribution in [0, 0.1) is 0 Å². The highest BCUT2D eigenvalue weighted by atomic mass is 32.1. The zero-order valence-corrected chi connectivity index (χ0v) is 11.2. The van der Waals surface area contributed by atoms with Crippen LogP contribution in [0.25, 0.3) is 0 Å². The summed E-state index contributed by atoms with van der Waals surface area (Å²) in [6, 6.07) is 4.19. The number of aliphatic hydroxyl groups is 1. The largest absolute Gasteiger partial charge is 0.467 e. The highest BCUT2D eigenvalue weighted by Crippen LogP contribution is 2.22. The molecule has 0 saturated carbocycles. The van der Waals surface area contributed by atoms with Gasteiger partial charge in [-0.1, -0.05) is 13.0 Å². The van der Waals surface area contributed by atoms with Gasteiger partial charge >= 0.3 is 5.97 Å². The molecular formula is C12H19NO3S. The molecule has 0 radical (unpaired) electrons. The number of carbonyl (C=O) groups is 1. The van der Waals surface area contributed by atoms with Crippen LogP contribution >= 0.6 is 11.3 Å². The summed E-state index contributed by atoms with van der Waals surface area (Å²) in [6.45, 7) is 3.69. The smallest absolute Gasteiger partial charge is 0.338 e. The lowest BCUT2D eigenvalue weighted by molar-refractivity contribution is -0.160. The fourth-order valence-electron chi connectivity index (χ4n) is 1.55. The van der Waals surface area contributed by atoms with Crippen LogP contribution in [-0.2, 0) is 9.53 Å². The molecule has 0 bridgehead atoms. The van der Waals surface area contributed by atoms with Crippen LogP contribution in [0.2, 0.25) is 0 Å². The van der Waals surface area contributed by atoms with Crippen molar-refractivity contribution in [3.05, 3.63) is 22.4 Å². The topological polar surface area (TPSA) is 58.6 Å². The monoisotopic (exact) mass is 257 g/mol. The number of thiophene rings is 1. The van der Waals surface area contributed by atoms with Crippen LogP contribution < -0.4 is 5.32 Å². The number of ether oxygens (including phenoxy) is 1. The Morgan fingerprint density at radius 2 is 2.41 bits per heavy atom. The zero-order chi connectivity index (χ0) is 12.9. The first-order valence-corrected chi connectivity index (χ1v) is 6.46. The summed E-state index contributed by atoms with van der Waals surface area (Å²) in [6.07, 6.45) is 0.901. The van der Waals surface area contributed by atoms with Crippen molar-refractivity contribution in [1.82, 2.24) is 5.32 Å². The van der Waals surface area contributed by atoms with E-state index in [4.69, 9.17) is 0 Å². The van der Waals surface area contributed by atoms with E-state index in [-0.39, 0.29) is 12.6 Å². The van der Waals surface area contributed by atoms with Crippen molar-refractivity contribution in [3.8, 4) is 0 Å². The Balaban J connectivity index is 2.57. The Morgan fingerprint density at radius 1 is 1.71 bits per heavy atom. The van der Waals surface area contributed by atoms with Crippen molar-refractivity contribution in [2.75, 3.05) is 13.7 Å². The van der Waals surface area contributed by atoms with Gasteiger partial charge in [0.25, 0.3) is 0 Å². The fraction of sp³-hybridized carbons (Fsp3) is 0.583. The third-order valence-corrected chi connectivity index (χ3v) is 3.60. The van der Waals surface area contributed by atoms with Crippen LogP contribution in [0.5, 0.6) is 0 Å². The number of methoxy groups -OCH3 is 1. The number of carbonyl (C=O) groups excluding carboxylic acids is 1. The van der Waals surface area contributed by atoms with E-state index in [9.17, 15) is 9.90 Å². The van der Waals surface area contributed by atoms with Crippen molar-refractivity contribution in [2.24, 2.45) is 0 Å². The molecule has 1 heterocycles. The molecule has 0 fully saturated rings. The van der Waals surface area contributed by atoms with Gasteiger partial charge in [-0.3, -0.25) is 0 Å². The Labute approximate surface area is 106 Å². The standard InChI is InChI=1S/C12H19NO3S/c1-4-9(10-6-5-7-17-10)13-8-12(2,15)11(14)16-3/h5-7,9,13,15H,4,8H2,1-3H3. The van der Waals surface area contributed by atoms with Crippen molar-refractivity contribution < 1.29 is 14.6 Å². The minimum absolute atomic E-state index is 0.158. The lowest BCUT2D eigenvalue weighted by Crippen LogP contribution is -2.46. The third kappa shape index (κ3) is 3.80. The van der Waals surface area contributed by atoms with E-state index in [1.807, 2.05) is 17.5 Å². The number of nitrogens with one attached hydrogen (secondary N) is 1. The van der Waals surface area contributed by atoms with Crippen LogP contribution in [0.15, 0.2) is 17.5 Å². The molecule has 1 aromatic rings. The molecule has 0 aliphatic heterocycles. The molecule has 96 valence electrons. The summed E-state index contributed by atoms with van der Waals surface area (Å²) in [4.78, 5) is 12.5. The van der Waals surface area contributed by atoms with Gasteiger partial charge in [-0.2, -0.15) is 0 Å². The second-order valence-corrected chi connectivity index (χ2v) is 5.10. The molecule has 0 amide bonds. The van der Waals surface area contributed by atoms with Gasteiger partial charge in [0.05, 0.1) is 7.11 Å². The molecule has 17 heavy (non-hydrogen) atoms. The Hall–Kier alpha value is -0.910. The van der Waals surface area contributed by atoms with Crippen molar-refractivity contribution in [2.45, 2.75) is 31.9 Å². The van der Waals surface area contributed by atoms with E-state index in [0.29, 0.717) is 0 Å². The van der Waals surface area contributed by atoms with Gasteiger partial charge in [0.15, 0.2) is 5.60 Å². The third-order valence-electron chi connectivity index (χ3n) is 2.61. The number of rotatable bonds is 6. The number of hydrogen-bond donors (Lipinski definition) is 2. The average molecular weight is 257 g/mol. The summed E-state index contributed by atoms with van der Waals surface area (Å²) in [5, 5.41) is 15.1.